The Kier molecular flexibility index (Phi) is 4.75. The minimum absolute atomic E-state index is 0.169. The van der Waals surface area contributed by atoms with Gasteiger partial charge in [-0.1, -0.05) is 42.5 Å². The van der Waals surface area contributed by atoms with E-state index in [2.05, 4.69) is 41.2 Å². The molecule has 0 radical (unpaired) electrons. The molecule has 108 valence electrons. The molecular formula is C15H20N2O2S. The minimum atomic E-state index is -3.11. The number of nitrogens with one attached hydrogen (secondary N) is 2. The third-order valence-corrected chi connectivity index (χ3v) is 3.96. The van der Waals surface area contributed by atoms with E-state index < -0.39 is 10.0 Å². The van der Waals surface area contributed by atoms with Crippen molar-refractivity contribution >= 4 is 20.8 Å². The van der Waals surface area contributed by atoms with Gasteiger partial charge in [0.1, 0.15) is 0 Å². The molecule has 2 aromatic rings. The van der Waals surface area contributed by atoms with Crippen LogP contribution in [-0.2, 0) is 10.0 Å². The lowest BCUT2D eigenvalue weighted by atomic mass is 10.00. The largest absolute Gasteiger partial charge is 0.309 e. The van der Waals surface area contributed by atoms with Crippen LogP contribution in [0, 0.1) is 0 Å². The first kappa shape index (κ1) is 15.0. The lowest BCUT2D eigenvalue weighted by Crippen LogP contribution is -2.32. The van der Waals surface area contributed by atoms with Crippen LogP contribution in [0.1, 0.15) is 18.5 Å². The van der Waals surface area contributed by atoms with Crippen molar-refractivity contribution in [3.63, 3.8) is 0 Å². The zero-order valence-corrected chi connectivity index (χ0v) is 12.6. The Morgan fingerprint density at radius 3 is 2.50 bits per heavy atom. The highest BCUT2D eigenvalue weighted by atomic mass is 32.2. The van der Waals surface area contributed by atoms with Crippen LogP contribution in [0.15, 0.2) is 42.5 Å². The molecular weight excluding hydrogens is 272 g/mol. The molecule has 2 aromatic carbocycles. The average molecular weight is 292 g/mol. The quantitative estimate of drug-likeness (QED) is 0.801. The first-order valence-electron chi connectivity index (χ1n) is 6.63. The third-order valence-electron chi connectivity index (χ3n) is 3.23. The molecule has 0 aliphatic heterocycles. The van der Waals surface area contributed by atoms with Crippen LogP contribution in [0.4, 0.5) is 0 Å². The number of rotatable bonds is 6. The van der Waals surface area contributed by atoms with Gasteiger partial charge < -0.3 is 5.32 Å². The fourth-order valence-electron chi connectivity index (χ4n) is 2.26. The molecule has 5 heteroatoms. The molecule has 0 bridgehead atoms. The molecule has 0 heterocycles. The molecule has 0 aliphatic rings. The van der Waals surface area contributed by atoms with E-state index in [1.54, 1.807) is 0 Å². The molecule has 0 amide bonds. The Balaban J connectivity index is 2.03. The number of hydrogen-bond acceptors (Lipinski definition) is 3. The van der Waals surface area contributed by atoms with Gasteiger partial charge in [0.25, 0.3) is 0 Å². The van der Waals surface area contributed by atoms with E-state index in [1.807, 2.05) is 18.2 Å². The normalized spacial score (nSPS) is 13.5. The fraction of sp³-hybridized carbons (Fsp3) is 0.333. The summed E-state index contributed by atoms with van der Waals surface area (Å²) < 4.78 is 24.4. The van der Waals surface area contributed by atoms with E-state index in [4.69, 9.17) is 0 Å². The van der Waals surface area contributed by atoms with E-state index in [9.17, 15) is 8.42 Å². The SMILES string of the molecule is CC(NCCNS(C)(=O)=O)c1cccc2ccccc12. The zero-order valence-electron chi connectivity index (χ0n) is 11.8. The lowest BCUT2D eigenvalue weighted by Gasteiger charge is -2.16. The molecule has 1 unspecified atom stereocenters. The third kappa shape index (κ3) is 4.03. The first-order chi connectivity index (χ1) is 9.47. The van der Waals surface area contributed by atoms with Gasteiger partial charge in [-0.15, -0.1) is 0 Å². The zero-order chi connectivity index (χ0) is 14.6. The summed E-state index contributed by atoms with van der Waals surface area (Å²) in [5.41, 5.74) is 1.22. The summed E-state index contributed by atoms with van der Waals surface area (Å²) in [6.45, 7) is 3.08. The van der Waals surface area contributed by atoms with Crippen molar-refractivity contribution < 1.29 is 8.42 Å². The summed E-state index contributed by atoms with van der Waals surface area (Å²) in [6.07, 6.45) is 1.17. The van der Waals surface area contributed by atoms with E-state index in [0.29, 0.717) is 13.1 Å². The summed E-state index contributed by atoms with van der Waals surface area (Å²) in [6, 6.07) is 14.7. The van der Waals surface area contributed by atoms with Gasteiger partial charge in [-0.05, 0) is 23.3 Å². The highest BCUT2D eigenvalue weighted by Gasteiger charge is 2.08. The second-order valence-corrected chi connectivity index (χ2v) is 6.74. The maximum Gasteiger partial charge on any atom is 0.208 e. The Morgan fingerprint density at radius 1 is 1.05 bits per heavy atom. The van der Waals surface area contributed by atoms with Crippen molar-refractivity contribution in [1.82, 2.24) is 10.0 Å². The summed E-state index contributed by atoms with van der Waals surface area (Å²) >= 11 is 0. The van der Waals surface area contributed by atoms with Gasteiger partial charge in [-0.3, -0.25) is 0 Å². The van der Waals surface area contributed by atoms with Crippen LogP contribution in [0.3, 0.4) is 0 Å². The Hall–Kier alpha value is -1.43. The van der Waals surface area contributed by atoms with Crippen LogP contribution in [0.2, 0.25) is 0 Å². The number of sulfonamides is 1. The summed E-state index contributed by atoms with van der Waals surface area (Å²) in [5, 5.41) is 5.78. The summed E-state index contributed by atoms with van der Waals surface area (Å²) in [4.78, 5) is 0. The Morgan fingerprint density at radius 2 is 1.75 bits per heavy atom. The predicted molar refractivity (Wildman–Crippen MR) is 83.2 cm³/mol. The van der Waals surface area contributed by atoms with E-state index in [0.717, 1.165) is 0 Å². The van der Waals surface area contributed by atoms with Crippen LogP contribution in [0.25, 0.3) is 10.8 Å². The standard InChI is InChI=1S/C15H20N2O2S/c1-12(16-10-11-17-20(2,18)19)14-9-5-7-13-6-3-4-8-15(13)14/h3-9,12,16-17H,10-11H2,1-2H3. The van der Waals surface area contributed by atoms with Crippen molar-refractivity contribution in [3.8, 4) is 0 Å². The van der Waals surface area contributed by atoms with Gasteiger partial charge in [0.2, 0.25) is 10.0 Å². The van der Waals surface area contributed by atoms with Crippen molar-refractivity contribution in [2.24, 2.45) is 0 Å². The molecule has 0 saturated carbocycles. The van der Waals surface area contributed by atoms with E-state index in [1.165, 1.54) is 22.6 Å². The minimum Gasteiger partial charge on any atom is -0.309 e. The monoisotopic (exact) mass is 292 g/mol. The van der Waals surface area contributed by atoms with Gasteiger partial charge >= 0.3 is 0 Å². The fourth-order valence-corrected chi connectivity index (χ4v) is 2.74. The molecule has 1 atom stereocenters. The molecule has 0 saturated heterocycles. The number of hydrogen-bond donors (Lipinski definition) is 2. The predicted octanol–water partition coefficient (Wildman–Crippen LogP) is 2.04. The topological polar surface area (TPSA) is 58.2 Å². The van der Waals surface area contributed by atoms with Gasteiger partial charge in [0, 0.05) is 19.1 Å². The maximum atomic E-state index is 11.0. The van der Waals surface area contributed by atoms with Crippen LogP contribution in [-0.4, -0.2) is 27.8 Å². The molecule has 2 rings (SSSR count). The smallest absolute Gasteiger partial charge is 0.208 e. The van der Waals surface area contributed by atoms with Crippen molar-refractivity contribution in [2.45, 2.75) is 13.0 Å². The van der Waals surface area contributed by atoms with Crippen LogP contribution >= 0.6 is 0 Å². The van der Waals surface area contributed by atoms with Crippen molar-refractivity contribution in [2.75, 3.05) is 19.3 Å². The molecule has 0 aromatic heterocycles. The summed E-state index contributed by atoms with van der Waals surface area (Å²) in [7, 11) is -3.11. The van der Waals surface area contributed by atoms with E-state index >= 15 is 0 Å². The molecule has 0 aliphatic carbocycles. The molecule has 0 fully saturated rings. The maximum absolute atomic E-state index is 11.0. The lowest BCUT2D eigenvalue weighted by molar-refractivity contribution is 0.558. The highest BCUT2D eigenvalue weighted by molar-refractivity contribution is 7.88. The van der Waals surface area contributed by atoms with Crippen LogP contribution < -0.4 is 10.0 Å². The van der Waals surface area contributed by atoms with Gasteiger partial charge in [0.15, 0.2) is 0 Å². The molecule has 4 nitrogen and oxygen atoms in total. The summed E-state index contributed by atoms with van der Waals surface area (Å²) in [5.74, 6) is 0. The van der Waals surface area contributed by atoms with Crippen LogP contribution in [0.5, 0.6) is 0 Å². The van der Waals surface area contributed by atoms with Gasteiger partial charge in [0.05, 0.1) is 6.26 Å². The molecule has 2 N–H and O–H groups in total. The van der Waals surface area contributed by atoms with Crippen molar-refractivity contribution in [1.29, 1.82) is 0 Å². The van der Waals surface area contributed by atoms with Gasteiger partial charge in [-0.2, -0.15) is 0 Å². The molecule has 20 heavy (non-hydrogen) atoms. The first-order valence-corrected chi connectivity index (χ1v) is 8.52. The van der Waals surface area contributed by atoms with E-state index in [-0.39, 0.29) is 6.04 Å². The highest BCUT2D eigenvalue weighted by Crippen LogP contribution is 2.23. The Labute approximate surface area is 120 Å². The second-order valence-electron chi connectivity index (χ2n) is 4.91. The Bertz CT molecular complexity index is 678. The average Bonchev–Trinajstić information content (AvgIpc) is 2.41. The van der Waals surface area contributed by atoms with Gasteiger partial charge in [-0.25, -0.2) is 13.1 Å². The van der Waals surface area contributed by atoms with Crippen molar-refractivity contribution in [3.05, 3.63) is 48.0 Å². The number of benzene rings is 2. The molecule has 0 spiro atoms. The second kappa shape index (κ2) is 6.35. The number of fused-ring (bicyclic) bond motifs is 1.